The predicted octanol–water partition coefficient (Wildman–Crippen LogP) is 4.87. The molecule has 0 aromatic heterocycles. The molecule has 3 N–H and O–H groups in total. The molecule has 1 unspecified atom stereocenters. The number of fused-ring (bicyclic) bond motifs is 1. The van der Waals surface area contributed by atoms with E-state index in [0.717, 1.165) is 27.8 Å². The largest absolute Gasteiger partial charge is 0.374 e. The number of nitrogens with one attached hydrogen (secondary N) is 3. The van der Waals surface area contributed by atoms with E-state index in [1.54, 1.807) is 0 Å². The molecule has 5 heteroatoms. The van der Waals surface area contributed by atoms with Gasteiger partial charge in [-0.1, -0.05) is 44.2 Å². The zero-order valence-electron chi connectivity index (χ0n) is 16.3. The molecular weight excluding hydrogens is 350 g/mol. The number of carbonyl (C=O) groups excluding carboxylic acids is 2. The van der Waals surface area contributed by atoms with Crippen molar-refractivity contribution < 1.29 is 9.59 Å². The van der Waals surface area contributed by atoms with E-state index in [4.69, 9.17) is 0 Å². The van der Waals surface area contributed by atoms with Crippen LogP contribution in [-0.4, -0.2) is 17.9 Å². The maximum Gasteiger partial charge on any atom is 0.246 e. The van der Waals surface area contributed by atoms with Gasteiger partial charge in [-0.25, -0.2) is 0 Å². The first kappa shape index (κ1) is 19.4. The second kappa shape index (κ2) is 8.57. The van der Waals surface area contributed by atoms with Crippen LogP contribution in [0.25, 0.3) is 10.8 Å². The Hall–Kier alpha value is -3.34. The second-order valence-electron chi connectivity index (χ2n) is 7.14. The third-order valence-corrected chi connectivity index (χ3v) is 4.47. The van der Waals surface area contributed by atoms with Crippen LogP contribution in [0.5, 0.6) is 0 Å². The molecule has 144 valence electrons. The summed E-state index contributed by atoms with van der Waals surface area (Å²) in [5.41, 5.74) is 2.31. The summed E-state index contributed by atoms with van der Waals surface area (Å²) in [6.07, 6.45) is 0. The van der Waals surface area contributed by atoms with Gasteiger partial charge >= 0.3 is 0 Å². The lowest BCUT2D eigenvalue weighted by atomic mass is 10.1. The Bertz CT molecular complexity index is 981. The summed E-state index contributed by atoms with van der Waals surface area (Å²) in [5, 5.41) is 11.2. The lowest BCUT2D eigenvalue weighted by molar-refractivity contribution is -0.119. The Morgan fingerprint density at radius 3 is 1.93 bits per heavy atom. The van der Waals surface area contributed by atoms with Gasteiger partial charge in [0.2, 0.25) is 11.8 Å². The van der Waals surface area contributed by atoms with E-state index in [1.165, 1.54) is 0 Å². The van der Waals surface area contributed by atoms with E-state index in [-0.39, 0.29) is 17.7 Å². The SMILES string of the molecule is CC(C)C(=O)Nc1ccc(NC(C)C(=O)Nc2ccc3ccccc3c2)cc1. The average molecular weight is 375 g/mol. The third kappa shape index (κ3) is 4.88. The molecule has 0 radical (unpaired) electrons. The van der Waals surface area contributed by atoms with Gasteiger partial charge in [0, 0.05) is 23.0 Å². The van der Waals surface area contributed by atoms with Crippen molar-refractivity contribution in [2.75, 3.05) is 16.0 Å². The minimum absolute atomic E-state index is 0.0242. The van der Waals surface area contributed by atoms with Gasteiger partial charge in [-0.15, -0.1) is 0 Å². The third-order valence-electron chi connectivity index (χ3n) is 4.47. The summed E-state index contributed by atoms with van der Waals surface area (Å²) in [7, 11) is 0. The fourth-order valence-electron chi connectivity index (χ4n) is 2.77. The Labute approximate surface area is 165 Å². The van der Waals surface area contributed by atoms with Gasteiger partial charge in [-0.2, -0.15) is 0 Å². The van der Waals surface area contributed by atoms with E-state index in [2.05, 4.69) is 16.0 Å². The number of rotatable bonds is 6. The van der Waals surface area contributed by atoms with Gasteiger partial charge in [0.15, 0.2) is 0 Å². The Morgan fingerprint density at radius 2 is 1.25 bits per heavy atom. The zero-order chi connectivity index (χ0) is 20.1. The molecule has 0 aliphatic carbocycles. The molecule has 0 saturated carbocycles. The standard InChI is InChI=1S/C23H25N3O2/c1-15(2)22(27)25-20-12-10-19(11-13-20)24-16(3)23(28)26-21-9-8-17-6-4-5-7-18(17)14-21/h4-16,24H,1-3H3,(H,25,27)(H,26,28). The summed E-state index contributed by atoms with van der Waals surface area (Å²) in [5.74, 6) is -0.215. The Morgan fingerprint density at radius 1 is 0.679 bits per heavy atom. The van der Waals surface area contributed by atoms with Crippen LogP contribution in [0.3, 0.4) is 0 Å². The number of benzene rings is 3. The molecule has 0 fully saturated rings. The van der Waals surface area contributed by atoms with Gasteiger partial charge in [0.1, 0.15) is 6.04 Å². The lowest BCUT2D eigenvalue weighted by Gasteiger charge is -2.16. The van der Waals surface area contributed by atoms with Crippen molar-refractivity contribution in [2.24, 2.45) is 5.92 Å². The normalized spacial score (nSPS) is 11.9. The molecule has 0 heterocycles. The van der Waals surface area contributed by atoms with E-state index in [9.17, 15) is 9.59 Å². The fourth-order valence-corrected chi connectivity index (χ4v) is 2.77. The highest BCUT2D eigenvalue weighted by atomic mass is 16.2. The molecule has 0 saturated heterocycles. The van der Waals surface area contributed by atoms with Crippen molar-refractivity contribution in [1.29, 1.82) is 0 Å². The molecular formula is C23H25N3O2. The zero-order valence-corrected chi connectivity index (χ0v) is 16.3. The van der Waals surface area contributed by atoms with Crippen molar-refractivity contribution in [1.82, 2.24) is 0 Å². The van der Waals surface area contributed by atoms with Crippen molar-refractivity contribution in [2.45, 2.75) is 26.8 Å². The molecule has 3 rings (SSSR count). The number of hydrogen-bond acceptors (Lipinski definition) is 3. The van der Waals surface area contributed by atoms with Crippen LogP contribution in [0, 0.1) is 5.92 Å². The number of carbonyl (C=O) groups is 2. The molecule has 28 heavy (non-hydrogen) atoms. The van der Waals surface area contributed by atoms with Crippen LogP contribution >= 0.6 is 0 Å². The van der Waals surface area contributed by atoms with Gasteiger partial charge < -0.3 is 16.0 Å². The van der Waals surface area contributed by atoms with Crippen LogP contribution in [0.2, 0.25) is 0 Å². The van der Waals surface area contributed by atoms with Crippen molar-refractivity contribution >= 4 is 39.6 Å². The Balaban J connectivity index is 1.59. The first-order valence-corrected chi connectivity index (χ1v) is 9.39. The number of anilines is 3. The molecule has 3 aromatic carbocycles. The van der Waals surface area contributed by atoms with Gasteiger partial charge in [-0.05, 0) is 54.1 Å². The predicted molar refractivity (Wildman–Crippen MR) is 116 cm³/mol. The summed E-state index contributed by atoms with van der Waals surface area (Å²) in [6.45, 7) is 5.51. The molecule has 3 aromatic rings. The maximum atomic E-state index is 12.5. The van der Waals surface area contributed by atoms with E-state index >= 15 is 0 Å². The van der Waals surface area contributed by atoms with Crippen LogP contribution in [0.15, 0.2) is 66.7 Å². The van der Waals surface area contributed by atoms with Gasteiger partial charge in [-0.3, -0.25) is 9.59 Å². The molecule has 0 aliphatic rings. The van der Waals surface area contributed by atoms with Crippen molar-refractivity contribution in [3.63, 3.8) is 0 Å². The highest BCUT2D eigenvalue weighted by Gasteiger charge is 2.13. The van der Waals surface area contributed by atoms with Crippen molar-refractivity contribution in [3.8, 4) is 0 Å². The minimum atomic E-state index is -0.414. The molecule has 1 atom stereocenters. The highest BCUT2D eigenvalue weighted by Crippen LogP contribution is 2.20. The smallest absolute Gasteiger partial charge is 0.246 e. The number of hydrogen-bond donors (Lipinski definition) is 3. The summed E-state index contributed by atoms with van der Waals surface area (Å²) >= 11 is 0. The lowest BCUT2D eigenvalue weighted by Crippen LogP contribution is -2.31. The molecule has 0 bridgehead atoms. The van der Waals surface area contributed by atoms with E-state index < -0.39 is 6.04 Å². The van der Waals surface area contributed by atoms with Crippen LogP contribution in [0.1, 0.15) is 20.8 Å². The van der Waals surface area contributed by atoms with Crippen LogP contribution in [-0.2, 0) is 9.59 Å². The van der Waals surface area contributed by atoms with Gasteiger partial charge in [0.05, 0.1) is 0 Å². The van der Waals surface area contributed by atoms with E-state index in [0.29, 0.717) is 0 Å². The van der Waals surface area contributed by atoms with Gasteiger partial charge in [0.25, 0.3) is 0 Å². The average Bonchev–Trinajstić information content (AvgIpc) is 2.69. The second-order valence-corrected chi connectivity index (χ2v) is 7.14. The minimum Gasteiger partial charge on any atom is -0.374 e. The summed E-state index contributed by atoms with van der Waals surface area (Å²) in [6, 6.07) is 20.8. The first-order valence-electron chi connectivity index (χ1n) is 9.39. The molecule has 2 amide bonds. The molecule has 0 spiro atoms. The highest BCUT2D eigenvalue weighted by molar-refractivity contribution is 5.98. The topological polar surface area (TPSA) is 70.2 Å². The van der Waals surface area contributed by atoms with E-state index in [1.807, 2.05) is 87.5 Å². The van der Waals surface area contributed by atoms with Crippen LogP contribution < -0.4 is 16.0 Å². The number of amides is 2. The fraction of sp³-hybridized carbons (Fsp3) is 0.217. The Kier molecular flexibility index (Phi) is 5.94. The quantitative estimate of drug-likeness (QED) is 0.575. The maximum absolute atomic E-state index is 12.5. The summed E-state index contributed by atoms with van der Waals surface area (Å²) < 4.78 is 0. The van der Waals surface area contributed by atoms with Crippen molar-refractivity contribution in [3.05, 3.63) is 66.7 Å². The summed E-state index contributed by atoms with van der Waals surface area (Å²) in [4.78, 5) is 24.2. The molecule has 0 aliphatic heterocycles. The molecule has 5 nitrogen and oxygen atoms in total. The monoisotopic (exact) mass is 375 g/mol. The first-order chi connectivity index (χ1) is 13.4. The van der Waals surface area contributed by atoms with Crippen LogP contribution in [0.4, 0.5) is 17.1 Å².